The lowest BCUT2D eigenvalue weighted by molar-refractivity contribution is 0.550. The minimum Gasteiger partial charge on any atom is -0.382 e. The molecule has 2 aliphatic rings. The van der Waals surface area contributed by atoms with Crippen LogP contribution < -0.4 is 15.5 Å². The summed E-state index contributed by atoms with van der Waals surface area (Å²) in [5, 5.41) is 16.0. The van der Waals surface area contributed by atoms with Gasteiger partial charge in [0.2, 0.25) is 0 Å². The molecule has 2 aliphatic heterocycles. The second-order valence-electron chi connectivity index (χ2n) is 5.34. The largest absolute Gasteiger partial charge is 0.382 e. The molecule has 0 aromatic heterocycles. The predicted molar refractivity (Wildman–Crippen MR) is 77.5 cm³/mol. The van der Waals surface area contributed by atoms with Crippen molar-refractivity contribution in [3.8, 4) is 6.07 Å². The summed E-state index contributed by atoms with van der Waals surface area (Å²) in [5.74, 6) is 0. The Morgan fingerprint density at radius 1 is 1.37 bits per heavy atom. The lowest BCUT2D eigenvalue weighted by Crippen LogP contribution is -2.37. The fourth-order valence-corrected chi connectivity index (χ4v) is 3.01. The molecule has 1 fully saturated rings. The highest BCUT2D eigenvalue weighted by molar-refractivity contribution is 5.73. The molecule has 1 atom stereocenters. The standard InChI is InChI=1S/C15H20N4/c16-11-12-3-4-14-15(10-12)19(9-7-18-14)8-5-13-2-1-6-17-13/h3-4,10,13,17-18H,1-2,5-9H2. The Labute approximate surface area is 114 Å². The molecule has 19 heavy (non-hydrogen) atoms. The van der Waals surface area contributed by atoms with Gasteiger partial charge in [0.25, 0.3) is 0 Å². The Hall–Kier alpha value is -1.73. The number of rotatable bonds is 3. The fraction of sp³-hybridized carbons (Fsp3) is 0.533. The minimum absolute atomic E-state index is 0.678. The third-order valence-corrected chi connectivity index (χ3v) is 4.07. The fourth-order valence-electron chi connectivity index (χ4n) is 3.01. The van der Waals surface area contributed by atoms with Crippen molar-refractivity contribution < 1.29 is 0 Å². The smallest absolute Gasteiger partial charge is 0.0992 e. The molecule has 100 valence electrons. The van der Waals surface area contributed by atoms with Crippen LogP contribution in [-0.2, 0) is 0 Å². The van der Waals surface area contributed by atoms with Crippen LogP contribution in [0.15, 0.2) is 18.2 Å². The van der Waals surface area contributed by atoms with Crippen molar-refractivity contribution in [1.29, 1.82) is 5.26 Å². The number of hydrogen-bond acceptors (Lipinski definition) is 4. The molecule has 2 heterocycles. The van der Waals surface area contributed by atoms with Gasteiger partial charge >= 0.3 is 0 Å². The monoisotopic (exact) mass is 256 g/mol. The Morgan fingerprint density at radius 3 is 3.11 bits per heavy atom. The second-order valence-corrected chi connectivity index (χ2v) is 5.34. The van der Waals surface area contributed by atoms with E-state index in [4.69, 9.17) is 5.26 Å². The molecule has 4 heteroatoms. The van der Waals surface area contributed by atoms with E-state index in [0.717, 1.165) is 30.9 Å². The zero-order valence-electron chi connectivity index (χ0n) is 11.2. The third-order valence-electron chi connectivity index (χ3n) is 4.07. The summed E-state index contributed by atoms with van der Waals surface area (Å²) in [6, 6.07) is 8.81. The molecule has 3 rings (SSSR count). The molecule has 0 radical (unpaired) electrons. The Morgan fingerprint density at radius 2 is 2.32 bits per heavy atom. The van der Waals surface area contributed by atoms with E-state index < -0.39 is 0 Å². The summed E-state index contributed by atoms with van der Waals surface area (Å²) in [6.07, 6.45) is 3.80. The topological polar surface area (TPSA) is 51.1 Å². The average molecular weight is 256 g/mol. The van der Waals surface area contributed by atoms with Crippen molar-refractivity contribution in [3.63, 3.8) is 0 Å². The number of hydrogen-bond donors (Lipinski definition) is 2. The maximum Gasteiger partial charge on any atom is 0.0992 e. The molecular formula is C15H20N4. The van der Waals surface area contributed by atoms with E-state index in [9.17, 15) is 0 Å². The highest BCUT2D eigenvalue weighted by Gasteiger charge is 2.19. The summed E-state index contributed by atoms with van der Waals surface area (Å²) in [7, 11) is 0. The lowest BCUT2D eigenvalue weighted by atomic mass is 10.1. The van der Waals surface area contributed by atoms with E-state index >= 15 is 0 Å². The number of nitrogens with zero attached hydrogens (tertiary/aromatic N) is 2. The quantitative estimate of drug-likeness (QED) is 0.867. The van der Waals surface area contributed by atoms with Crippen molar-refractivity contribution in [2.45, 2.75) is 25.3 Å². The van der Waals surface area contributed by atoms with Gasteiger partial charge in [-0.2, -0.15) is 5.26 Å². The number of fused-ring (bicyclic) bond motifs is 1. The highest BCUT2D eigenvalue weighted by Crippen LogP contribution is 2.30. The summed E-state index contributed by atoms with van der Waals surface area (Å²) in [5.41, 5.74) is 3.08. The van der Waals surface area contributed by atoms with Gasteiger partial charge < -0.3 is 15.5 Å². The van der Waals surface area contributed by atoms with Gasteiger partial charge in [-0.05, 0) is 44.0 Å². The van der Waals surface area contributed by atoms with Crippen LogP contribution in [-0.4, -0.2) is 32.2 Å². The summed E-state index contributed by atoms with van der Waals surface area (Å²) in [6.45, 7) is 4.24. The van der Waals surface area contributed by atoms with Crippen molar-refractivity contribution in [2.24, 2.45) is 0 Å². The predicted octanol–water partition coefficient (Wildman–Crippen LogP) is 1.93. The zero-order chi connectivity index (χ0) is 13.1. The first kappa shape index (κ1) is 12.3. The number of nitrogens with one attached hydrogen (secondary N) is 2. The summed E-state index contributed by atoms with van der Waals surface area (Å²) < 4.78 is 0. The first-order chi connectivity index (χ1) is 9.36. The van der Waals surface area contributed by atoms with Gasteiger partial charge in [0.15, 0.2) is 0 Å². The number of benzene rings is 1. The molecule has 0 saturated carbocycles. The summed E-state index contributed by atoms with van der Waals surface area (Å²) in [4.78, 5) is 2.41. The zero-order valence-corrected chi connectivity index (χ0v) is 11.2. The van der Waals surface area contributed by atoms with Crippen LogP contribution >= 0.6 is 0 Å². The normalized spacial score (nSPS) is 21.6. The van der Waals surface area contributed by atoms with Gasteiger partial charge in [0.05, 0.1) is 23.0 Å². The second kappa shape index (κ2) is 5.50. The van der Waals surface area contributed by atoms with E-state index in [1.165, 1.54) is 31.5 Å². The number of anilines is 2. The Bertz CT molecular complexity index is 485. The maximum atomic E-state index is 9.03. The van der Waals surface area contributed by atoms with Gasteiger partial charge in [-0.1, -0.05) is 0 Å². The third kappa shape index (κ3) is 2.66. The van der Waals surface area contributed by atoms with Crippen molar-refractivity contribution >= 4 is 11.4 Å². The van der Waals surface area contributed by atoms with Crippen LogP contribution in [0.3, 0.4) is 0 Å². The SMILES string of the molecule is N#Cc1ccc2c(c1)N(CCC1CCCN1)CCN2. The van der Waals surface area contributed by atoms with E-state index in [2.05, 4.69) is 21.6 Å². The maximum absolute atomic E-state index is 9.03. The van der Waals surface area contributed by atoms with Crippen LogP contribution in [0.25, 0.3) is 0 Å². The van der Waals surface area contributed by atoms with Crippen molar-refractivity contribution in [3.05, 3.63) is 23.8 Å². The lowest BCUT2D eigenvalue weighted by Gasteiger charge is -2.33. The molecule has 0 spiro atoms. The van der Waals surface area contributed by atoms with Gasteiger partial charge in [-0.25, -0.2) is 0 Å². The molecule has 0 amide bonds. The van der Waals surface area contributed by atoms with Gasteiger partial charge in [-0.3, -0.25) is 0 Å². The van der Waals surface area contributed by atoms with E-state index in [0.29, 0.717) is 6.04 Å². The first-order valence-electron chi connectivity index (χ1n) is 7.13. The van der Waals surface area contributed by atoms with Crippen LogP contribution in [0.5, 0.6) is 0 Å². The minimum atomic E-state index is 0.678. The van der Waals surface area contributed by atoms with E-state index in [1.54, 1.807) is 0 Å². The summed E-state index contributed by atoms with van der Waals surface area (Å²) >= 11 is 0. The molecule has 2 N–H and O–H groups in total. The van der Waals surface area contributed by atoms with Gasteiger partial charge in [0.1, 0.15) is 0 Å². The Kier molecular flexibility index (Phi) is 3.56. The molecule has 4 nitrogen and oxygen atoms in total. The molecule has 1 unspecified atom stereocenters. The van der Waals surface area contributed by atoms with Crippen LogP contribution in [0.1, 0.15) is 24.8 Å². The van der Waals surface area contributed by atoms with E-state index in [1.807, 2.05) is 18.2 Å². The van der Waals surface area contributed by atoms with Crippen LogP contribution in [0.2, 0.25) is 0 Å². The molecule has 0 aliphatic carbocycles. The van der Waals surface area contributed by atoms with E-state index in [-0.39, 0.29) is 0 Å². The molecular weight excluding hydrogens is 236 g/mol. The van der Waals surface area contributed by atoms with Gasteiger partial charge in [-0.15, -0.1) is 0 Å². The number of nitriles is 1. The molecule has 0 bridgehead atoms. The van der Waals surface area contributed by atoms with Crippen molar-refractivity contribution in [2.75, 3.05) is 36.4 Å². The van der Waals surface area contributed by atoms with Crippen molar-refractivity contribution in [1.82, 2.24) is 5.32 Å². The van der Waals surface area contributed by atoms with Crippen LogP contribution in [0, 0.1) is 11.3 Å². The Balaban J connectivity index is 1.71. The van der Waals surface area contributed by atoms with Gasteiger partial charge in [0, 0.05) is 25.7 Å². The molecule has 1 aromatic carbocycles. The average Bonchev–Trinajstić information content (AvgIpc) is 2.97. The molecule has 1 saturated heterocycles. The van der Waals surface area contributed by atoms with Crippen LogP contribution in [0.4, 0.5) is 11.4 Å². The molecule has 1 aromatic rings. The first-order valence-corrected chi connectivity index (χ1v) is 7.13. The highest BCUT2D eigenvalue weighted by atomic mass is 15.2.